The van der Waals surface area contributed by atoms with E-state index < -0.39 is 28.1 Å². The smallest absolute Gasteiger partial charge is 0.320 e. The van der Waals surface area contributed by atoms with Gasteiger partial charge in [0.2, 0.25) is 0 Å². The standard InChI is InChI=1S/C6H14N4O2.C2H7NO3S.C2H5NO2/c7-4(5(11)12)2-1-3-10-6(8)9;3-1-2-7(4,5)6;3-1-2(4)5/h4H,1-3,7H2,(H,11,12)(H4,8,9,10);1-3H2,(H,4,5,6);1,3H2,(H,4,5). The molecule has 0 radical (unpaired) electrons. The Labute approximate surface area is 139 Å². The number of aliphatic carboxylic acids is 2. The van der Waals surface area contributed by atoms with Crippen LogP contribution in [0.2, 0.25) is 0 Å². The van der Waals surface area contributed by atoms with E-state index in [4.69, 9.17) is 37.7 Å². The molecule has 0 aliphatic rings. The largest absolute Gasteiger partial charge is 0.480 e. The van der Waals surface area contributed by atoms with Gasteiger partial charge in [0, 0.05) is 13.1 Å². The summed E-state index contributed by atoms with van der Waals surface area (Å²) in [6.45, 7) is 0.113. The Morgan fingerprint density at radius 1 is 1.12 bits per heavy atom. The molecule has 0 fully saturated rings. The Kier molecular flexibility index (Phi) is 17.8. The molecule has 0 rings (SSSR count). The third-order valence-corrected chi connectivity index (χ3v) is 2.59. The number of aliphatic imine (C=N–C) groups is 1. The maximum atomic E-state index is 10.2. The Bertz CT molecular complexity index is 478. The lowest BCUT2D eigenvalue weighted by molar-refractivity contribution is -0.138. The van der Waals surface area contributed by atoms with Crippen molar-refractivity contribution in [3.8, 4) is 0 Å². The highest BCUT2D eigenvalue weighted by Gasteiger charge is 2.09. The topological polar surface area (TPSA) is 271 Å². The van der Waals surface area contributed by atoms with Crippen molar-refractivity contribution < 1.29 is 32.8 Å². The minimum atomic E-state index is -3.80. The number of carboxylic acids is 2. The van der Waals surface area contributed by atoms with E-state index >= 15 is 0 Å². The van der Waals surface area contributed by atoms with Crippen LogP contribution in [0.15, 0.2) is 4.99 Å². The number of hydrogen-bond acceptors (Lipinski definition) is 8. The van der Waals surface area contributed by atoms with Crippen LogP contribution in [0.25, 0.3) is 0 Å². The normalized spacial score (nSPS) is 11.0. The molecule has 0 spiro atoms. The molecule has 0 aliphatic carbocycles. The molecule has 1 unspecified atom stereocenters. The zero-order chi connectivity index (χ0) is 19.8. The molecule has 0 aliphatic heterocycles. The summed E-state index contributed by atoms with van der Waals surface area (Å²) < 4.78 is 27.3. The van der Waals surface area contributed by atoms with E-state index in [-0.39, 0.29) is 24.8 Å². The average Bonchev–Trinajstić information content (AvgIpc) is 2.43. The van der Waals surface area contributed by atoms with E-state index in [0.29, 0.717) is 19.4 Å². The number of rotatable bonds is 8. The van der Waals surface area contributed by atoms with Crippen LogP contribution in [0.1, 0.15) is 12.8 Å². The molecule has 0 bridgehead atoms. The van der Waals surface area contributed by atoms with Crippen LogP contribution in [-0.4, -0.2) is 72.5 Å². The van der Waals surface area contributed by atoms with E-state index in [0.717, 1.165) is 0 Å². The molecule has 14 heteroatoms. The molecule has 0 amide bonds. The van der Waals surface area contributed by atoms with Gasteiger partial charge < -0.3 is 38.9 Å². The SMILES string of the molecule is NC(N)=NCCCC(N)C(=O)O.NCC(=O)O.NCCS(=O)(=O)O. The number of guanidine groups is 1. The molecule has 0 saturated carbocycles. The third kappa shape index (κ3) is 32.1. The lowest BCUT2D eigenvalue weighted by Gasteiger charge is -2.03. The molecule has 0 saturated heterocycles. The van der Waals surface area contributed by atoms with E-state index in [9.17, 15) is 18.0 Å². The molecular formula is C10H26N6O7S. The molecule has 13 nitrogen and oxygen atoms in total. The van der Waals surface area contributed by atoms with Crippen LogP contribution in [0.3, 0.4) is 0 Å². The van der Waals surface area contributed by atoms with Gasteiger partial charge in [-0.25, -0.2) is 0 Å². The third-order valence-electron chi connectivity index (χ3n) is 1.84. The van der Waals surface area contributed by atoms with Gasteiger partial charge in [0.25, 0.3) is 10.1 Å². The van der Waals surface area contributed by atoms with Crippen LogP contribution >= 0.6 is 0 Å². The monoisotopic (exact) mass is 374 g/mol. The summed E-state index contributed by atoms with van der Waals surface area (Å²) in [5.41, 5.74) is 24.7. The summed E-state index contributed by atoms with van der Waals surface area (Å²) in [7, 11) is -3.80. The minimum Gasteiger partial charge on any atom is -0.480 e. The summed E-state index contributed by atoms with van der Waals surface area (Å²) in [6, 6.07) is -0.820. The lowest BCUT2D eigenvalue weighted by Crippen LogP contribution is -2.30. The van der Waals surface area contributed by atoms with Crippen molar-refractivity contribution in [1.29, 1.82) is 0 Å². The van der Waals surface area contributed by atoms with Crippen LogP contribution < -0.4 is 28.7 Å². The predicted molar refractivity (Wildman–Crippen MR) is 87.7 cm³/mol. The van der Waals surface area contributed by atoms with E-state index in [2.05, 4.69) is 10.7 Å². The van der Waals surface area contributed by atoms with Gasteiger partial charge in [-0.2, -0.15) is 8.42 Å². The Morgan fingerprint density at radius 3 is 1.79 bits per heavy atom. The molecule has 0 aromatic rings. The van der Waals surface area contributed by atoms with Crippen molar-refractivity contribution in [2.45, 2.75) is 18.9 Å². The fraction of sp³-hybridized carbons (Fsp3) is 0.700. The number of nitrogens with two attached hydrogens (primary N) is 5. The highest BCUT2D eigenvalue weighted by atomic mass is 32.2. The number of carboxylic acid groups (broad SMARTS) is 2. The molecule has 1 atom stereocenters. The summed E-state index contributed by atoms with van der Waals surface area (Å²) >= 11 is 0. The van der Waals surface area contributed by atoms with Crippen molar-refractivity contribution in [1.82, 2.24) is 0 Å². The van der Waals surface area contributed by atoms with Crippen molar-refractivity contribution in [2.24, 2.45) is 33.7 Å². The van der Waals surface area contributed by atoms with Crippen molar-refractivity contribution in [3.05, 3.63) is 0 Å². The first-order valence-electron chi connectivity index (χ1n) is 6.48. The van der Waals surface area contributed by atoms with E-state index in [1.807, 2.05) is 0 Å². The second-order valence-electron chi connectivity index (χ2n) is 4.07. The second kappa shape index (κ2) is 15.9. The van der Waals surface area contributed by atoms with E-state index in [1.165, 1.54) is 0 Å². The van der Waals surface area contributed by atoms with Gasteiger partial charge in [-0.1, -0.05) is 0 Å². The van der Waals surface area contributed by atoms with Gasteiger partial charge in [-0.15, -0.1) is 0 Å². The summed E-state index contributed by atoms with van der Waals surface area (Å²) in [4.78, 5) is 23.1. The van der Waals surface area contributed by atoms with Crippen LogP contribution in [0.4, 0.5) is 0 Å². The second-order valence-corrected chi connectivity index (χ2v) is 5.64. The zero-order valence-electron chi connectivity index (χ0n) is 13.0. The minimum absolute atomic E-state index is 0.0129. The molecule has 0 heterocycles. The molecule has 0 aromatic heterocycles. The van der Waals surface area contributed by atoms with Crippen LogP contribution in [0, 0.1) is 0 Å². The fourth-order valence-corrected chi connectivity index (χ4v) is 1.09. The van der Waals surface area contributed by atoms with Gasteiger partial charge in [0.1, 0.15) is 6.04 Å². The molecular weight excluding hydrogens is 348 g/mol. The molecule has 144 valence electrons. The maximum Gasteiger partial charge on any atom is 0.320 e. The van der Waals surface area contributed by atoms with Crippen molar-refractivity contribution >= 4 is 28.0 Å². The lowest BCUT2D eigenvalue weighted by atomic mass is 10.2. The zero-order valence-corrected chi connectivity index (χ0v) is 13.9. The summed E-state index contributed by atoms with van der Waals surface area (Å²) in [5.74, 6) is -2.31. The van der Waals surface area contributed by atoms with Gasteiger partial charge in [0.05, 0.1) is 12.3 Å². The Balaban J connectivity index is -0.000000311. The fourth-order valence-electron chi connectivity index (χ4n) is 0.792. The first-order chi connectivity index (χ1) is 10.9. The van der Waals surface area contributed by atoms with Crippen molar-refractivity contribution in [2.75, 3.05) is 25.4 Å². The van der Waals surface area contributed by atoms with E-state index in [1.54, 1.807) is 0 Å². The van der Waals surface area contributed by atoms with Gasteiger partial charge in [-0.05, 0) is 12.8 Å². The molecule has 24 heavy (non-hydrogen) atoms. The molecule has 0 aromatic carbocycles. The highest BCUT2D eigenvalue weighted by Crippen LogP contribution is 1.94. The van der Waals surface area contributed by atoms with Gasteiger partial charge >= 0.3 is 11.9 Å². The summed E-state index contributed by atoms with van der Waals surface area (Å²) in [6.07, 6.45) is 0.956. The van der Waals surface area contributed by atoms with Gasteiger partial charge in [0.15, 0.2) is 5.96 Å². The number of hydrogen-bond donors (Lipinski definition) is 8. The number of nitrogens with zero attached hydrogens (tertiary/aromatic N) is 1. The summed E-state index contributed by atoms with van der Waals surface area (Å²) in [5, 5.41) is 16.0. The van der Waals surface area contributed by atoms with Crippen molar-refractivity contribution in [3.63, 3.8) is 0 Å². The van der Waals surface area contributed by atoms with Crippen LogP contribution in [-0.2, 0) is 19.7 Å². The maximum absolute atomic E-state index is 10.2. The van der Waals surface area contributed by atoms with Gasteiger partial charge in [-0.3, -0.25) is 19.1 Å². The predicted octanol–water partition coefficient (Wildman–Crippen LogP) is -3.69. The Morgan fingerprint density at radius 2 is 1.58 bits per heavy atom. The number of carbonyl (C=O) groups is 2. The van der Waals surface area contributed by atoms with Crippen LogP contribution in [0.5, 0.6) is 0 Å². The first kappa shape index (κ1) is 26.9. The Hall–Kier alpha value is -2.00. The highest BCUT2D eigenvalue weighted by molar-refractivity contribution is 7.85. The quantitative estimate of drug-likeness (QED) is 0.0882. The average molecular weight is 374 g/mol. The molecule has 13 N–H and O–H groups in total. The first-order valence-corrected chi connectivity index (χ1v) is 8.09.